The molecule has 0 aliphatic carbocycles. The molecule has 0 aliphatic rings. The molecular formula is C12H25NO2. The van der Waals surface area contributed by atoms with Crippen molar-refractivity contribution < 1.29 is 9.53 Å². The normalized spacial score (nSPS) is 10.2. The predicted octanol–water partition coefficient (Wildman–Crippen LogP) is 2.63. The molecule has 0 rings (SSSR count). The number of unbranched alkanes of at least 4 members (excludes halogenated alkanes) is 8. The van der Waals surface area contributed by atoms with Gasteiger partial charge in [0, 0.05) is 0 Å². The van der Waals surface area contributed by atoms with Crippen molar-refractivity contribution in [2.45, 2.75) is 57.8 Å². The Bertz CT molecular complexity index is 129. The Labute approximate surface area is 93.4 Å². The Morgan fingerprint density at radius 2 is 1.27 bits per heavy atom. The first-order valence-electron chi connectivity index (χ1n) is 6.17. The lowest BCUT2D eigenvalue weighted by Gasteiger charge is -2.01. The number of hydrogen-bond donors (Lipinski definition) is 1. The molecule has 0 heterocycles. The van der Waals surface area contributed by atoms with Gasteiger partial charge >= 0.3 is 0 Å². The van der Waals surface area contributed by atoms with E-state index >= 15 is 0 Å². The lowest BCUT2D eigenvalue weighted by atomic mass is 10.1. The fraction of sp³-hybridized carbons (Fsp3) is 0.917. The maximum Gasteiger partial charge on any atom is 0.293 e. The van der Waals surface area contributed by atoms with E-state index in [4.69, 9.17) is 5.73 Å². The average Bonchev–Trinajstić information content (AvgIpc) is 2.26. The highest BCUT2D eigenvalue weighted by Crippen LogP contribution is 2.09. The first-order valence-corrected chi connectivity index (χ1v) is 6.17. The molecule has 3 nitrogen and oxygen atoms in total. The summed E-state index contributed by atoms with van der Waals surface area (Å²) in [5.74, 6) is 0. The highest BCUT2D eigenvalue weighted by molar-refractivity contribution is 5.36. The van der Waals surface area contributed by atoms with Crippen LogP contribution in [0.5, 0.6) is 0 Å². The van der Waals surface area contributed by atoms with Crippen molar-refractivity contribution in [3.8, 4) is 0 Å². The van der Waals surface area contributed by atoms with Gasteiger partial charge in [-0.1, -0.05) is 44.9 Å². The summed E-state index contributed by atoms with van der Waals surface area (Å²) in [7, 11) is 0. The molecule has 0 atom stereocenters. The largest absolute Gasteiger partial charge is 0.468 e. The Kier molecular flexibility index (Phi) is 12.9. The molecule has 0 spiro atoms. The lowest BCUT2D eigenvalue weighted by molar-refractivity contribution is -0.128. The summed E-state index contributed by atoms with van der Waals surface area (Å²) in [6.45, 7) is 1.94. The molecular weight excluding hydrogens is 190 g/mol. The summed E-state index contributed by atoms with van der Waals surface area (Å²) in [4.78, 5) is 9.83. The van der Waals surface area contributed by atoms with Gasteiger partial charge in [0.2, 0.25) is 0 Å². The van der Waals surface area contributed by atoms with Gasteiger partial charge in [0.25, 0.3) is 6.47 Å². The third kappa shape index (κ3) is 13.4. The van der Waals surface area contributed by atoms with Crippen molar-refractivity contribution in [3.63, 3.8) is 0 Å². The fourth-order valence-corrected chi connectivity index (χ4v) is 1.62. The first kappa shape index (κ1) is 14.4. The zero-order chi connectivity index (χ0) is 11.2. The van der Waals surface area contributed by atoms with Crippen LogP contribution >= 0.6 is 0 Å². The molecule has 0 unspecified atom stereocenters. The smallest absolute Gasteiger partial charge is 0.293 e. The van der Waals surface area contributed by atoms with Crippen molar-refractivity contribution in [3.05, 3.63) is 0 Å². The summed E-state index contributed by atoms with van der Waals surface area (Å²) in [6.07, 6.45) is 11.2. The van der Waals surface area contributed by atoms with E-state index in [1.54, 1.807) is 0 Å². The zero-order valence-electron chi connectivity index (χ0n) is 9.75. The molecule has 2 N–H and O–H groups in total. The minimum absolute atomic E-state index is 0.525. The van der Waals surface area contributed by atoms with E-state index in [-0.39, 0.29) is 0 Å². The zero-order valence-corrected chi connectivity index (χ0v) is 9.75. The van der Waals surface area contributed by atoms with E-state index < -0.39 is 0 Å². The Morgan fingerprint density at radius 3 is 1.73 bits per heavy atom. The van der Waals surface area contributed by atoms with Crippen LogP contribution in [0, 0.1) is 0 Å². The summed E-state index contributed by atoms with van der Waals surface area (Å²) in [6, 6.07) is 0. The molecule has 0 bridgehead atoms. The van der Waals surface area contributed by atoms with Gasteiger partial charge in [-0.3, -0.25) is 4.79 Å². The highest BCUT2D eigenvalue weighted by Gasteiger charge is 1.92. The second-order valence-corrected chi connectivity index (χ2v) is 3.94. The molecule has 90 valence electrons. The molecule has 0 radical (unpaired) electrons. The van der Waals surface area contributed by atoms with E-state index in [1.807, 2.05) is 0 Å². The van der Waals surface area contributed by atoms with E-state index in [0.717, 1.165) is 13.0 Å². The van der Waals surface area contributed by atoms with E-state index in [9.17, 15) is 4.79 Å². The van der Waals surface area contributed by atoms with Crippen molar-refractivity contribution in [1.82, 2.24) is 0 Å². The predicted molar refractivity (Wildman–Crippen MR) is 62.6 cm³/mol. The maximum atomic E-state index is 9.83. The van der Waals surface area contributed by atoms with Crippen LogP contribution < -0.4 is 5.73 Å². The third-order valence-electron chi connectivity index (χ3n) is 2.53. The molecule has 0 aromatic carbocycles. The van der Waals surface area contributed by atoms with Crippen LogP contribution in [0.15, 0.2) is 0 Å². The third-order valence-corrected chi connectivity index (χ3v) is 2.53. The molecule has 0 aromatic heterocycles. The number of carbonyl (C=O) groups excluding carboxylic acids is 1. The number of nitrogens with two attached hydrogens (primary N) is 1. The van der Waals surface area contributed by atoms with Crippen molar-refractivity contribution >= 4 is 6.47 Å². The molecule has 15 heavy (non-hydrogen) atoms. The van der Waals surface area contributed by atoms with Crippen molar-refractivity contribution in [2.24, 2.45) is 5.73 Å². The molecule has 3 heteroatoms. The minimum atomic E-state index is 0.525. The summed E-state index contributed by atoms with van der Waals surface area (Å²) < 4.78 is 4.61. The van der Waals surface area contributed by atoms with E-state index in [2.05, 4.69) is 4.74 Å². The van der Waals surface area contributed by atoms with Gasteiger partial charge in [-0.05, 0) is 19.4 Å². The molecule has 0 aliphatic heterocycles. The monoisotopic (exact) mass is 215 g/mol. The highest BCUT2D eigenvalue weighted by atomic mass is 16.5. The fourth-order valence-electron chi connectivity index (χ4n) is 1.62. The standard InChI is InChI=1S/C12H25NO2/c13-10-8-6-4-2-1-3-5-7-9-11-15-12-14/h12H,1-11,13H2. The van der Waals surface area contributed by atoms with Gasteiger partial charge in [0.15, 0.2) is 0 Å². The molecule has 0 amide bonds. The Balaban J connectivity index is 2.83. The van der Waals surface area contributed by atoms with Gasteiger partial charge in [-0.15, -0.1) is 0 Å². The number of ether oxygens (including phenoxy) is 1. The minimum Gasteiger partial charge on any atom is -0.468 e. The van der Waals surface area contributed by atoms with Crippen LogP contribution in [0.25, 0.3) is 0 Å². The number of rotatable bonds is 12. The summed E-state index contributed by atoms with van der Waals surface area (Å²) in [5.41, 5.74) is 5.41. The van der Waals surface area contributed by atoms with Crippen LogP contribution in [-0.2, 0) is 9.53 Å². The second kappa shape index (κ2) is 13.4. The van der Waals surface area contributed by atoms with Gasteiger partial charge in [-0.25, -0.2) is 0 Å². The molecule has 0 saturated heterocycles. The number of carbonyl (C=O) groups is 1. The van der Waals surface area contributed by atoms with Crippen LogP contribution in [0.2, 0.25) is 0 Å². The summed E-state index contributed by atoms with van der Waals surface area (Å²) in [5, 5.41) is 0. The van der Waals surface area contributed by atoms with Gasteiger partial charge in [0.05, 0.1) is 6.61 Å². The van der Waals surface area contributed by atoms with E-state index in [1.165, 1.54) is 51.4 Å². The average molecular weight is 215 g/mol. The van der Waals surface area contributed by atoms with Crippen LogP contribution in [-0.4, -0.2) is 19.6 Å². The maximum absolute atomic E-state index is 9.83. The topological polar surface area (TPSA) is 52.3 Å². The van der Waals surface area contributed by atoms with Crippen molar-refractivity contribution in [1.29, 1.82) is 0 Å². The Hall–Kier alpha value is -0.570. The quantitative estimate of drug-likeness (QED) is 0.402. The van der Waals surface area contributed by atoms with Gasteiger partial charge < -0.3 is 10.5 Å². The van der Waals surface area contributed by atoms with Crippen LogP contribution in [0.3, 0.4) is 0 Å². The Morgan fingerprint density at radius 1 is 0.800 bits per heavy atom. The SMILES string of the molecule is NCCCCCCCCCCCOC=O. The number of hydrogen-bond acceptors (Lipinski definition) is 3. The van der Waals surface area contributed by atoms with E-state index in [0.29, 0.717) is 13.1 Å². The van der Waals surface area contributed by atoms with Crippen molar-refractivity contribution in [2.75, 3.05) is 13.2 Å². The van der Waals surface area contributed by atoms with Crippen LogP contribution in [0.4, 0.5) is 0 Å². The van der Waals surface area contributed by atoms with Gasteiger partial charge in [-0.2, -0.15) is 0 Å². The van der Waals surface area contributed by atoms with Crippen LogP contribution in [0.1, 0.15) is 57.8 Å². The van der Waals surface area contributed by atoms with Gasteiger partial charge in [0.1, 0.15) is 0 Å². The first-order chi connectivity index (χ1) is 7.41. The second-order valence-electron chi connectivity index (χ2n) is 3.94. The molecule has 0 aromatic rings. The molecule has 0 fully saturated rings. The lowest BCUT2D eigenvalue weighted by Crippen LogP contribution is -1.97. The molecule has 0 saturated carbocycles. The summed E-state index contributed by atoms with van der Waals surface area (Å²) >= 11 is 0.